The van der Waals surface area contributed by atoms with Gasteiger partial charge in [-0.2, -0.15) is 0 Å². The number of benzene rings is 4. The fraction of sp³-hybridized carbons (Fsp3) is 0. The van der Waals surface area contributed by atoms with Crippen LogP contribution in [0.4, 0.5) is 22.7 Å². The van der Waals surface area contributed by atoms with Gasteiger partial charge < -0.3 is 59.5 Å². The molecule has 0 fully saturated rings. The fourth-order valence-corrected chi connectivity index (χ4v) is 3.87. The molecule has 2 nitrogen and oxygen atoms in total. The zero-order valence-corrected chi connectivity index (χ0v) is 21.7. The van der Waals surface area contributed by atoms with Gasteiger partial charge in [-0.25, -0.2) is 0 Å². The van der Waals surface area contributed by atoms with Crippen LogP contribution < -0.4 is 9.80 Å². The summed E-state index contributed by atoms with van der Waals surface area (Å²) in [4.78, 5) is 3.76. The average Bonchev–Trinajstić information content (AvgIpc) is 2.82. The van der Waals surface area contributed by atoms with Crippen LogP contribution in [0.25, 0.3) is 0 Å². The average molecular weight is 548 g/mol. The zero-order valence-electron chi connectivity index (χ0n) is 17.4. The Balaban J connectivity index is 0.000000227. The van der Waals surface area contributed by atoms with E-state index in [2.05, 4.69) is 0 Å². The molecule has 0 atom stereocenters. The van der Waals surface area contributed by atoms with E-state index in [1.54, 1.807) is 0 Å². The molecular formula is C26H20CoN2S4. The van der Waals surface area contributed by atoms with E-state index < -0.39 is 0 Å². The molecule has 4 aromatic rings. The summed E-state index contributed by atoms with van der Waals surface area (Å²) in [5.41, 5.74) is 3.98. The van der Waals surface area contributed by atoms with Gasteiger partial charge >= 0.3 is 16.8 Å². The summed E-state index contributed by atoms with van der Waals surface area (Å²) < 4.78 is 0.856. The van der Waals surface area contributed by atoms with Crippen LogP contribution in [-0.4, -0.2) is 8.64 Å². The van der Waals surface area contributed by atoms with E-state index in [9.17, 15) is 0 Å². The third kappa shape index (κ3) is 7.85. The first-order chi connectivity index (χ1) is 15.6. The smallest absolute Gasteiger partial charge is 0.411 e. The van der Waals surface area contributed by atoms with Gasteiger partial charge in [-0.3, -0.25) is 0 Å². The predicted molar refractivity (Wildman–Crippen MR) is 150 cm³/mol. The maximum absolute atomic E-state index is 5.12. The molecule has 4 aromatic carbocycles. The zero-order chi connectivity index (χ0) is 22.8. The molecule has 0 N–H and O–H groups in total. The third-order valence-electron chi connectivity index (χ3n) is 4.42. The summed E-state index contributed by atoms with van der Waals surface area (Å²) in [5, 5.41) is 0. The summed E-state index contributed by atoms with van der Waals surface area (Å²) in [6, 6.07) is 39.6. The third-order valence-corrected chi connectivity index (χ3v) is 5.15. The number of hydrogen-bond donors (Lipinski definition) is 0. The minimum atomic E-state index is 0. The molecule has 7 heteroatoms. The van der Waals surface area contributed by atoms with Crippen molar-refractivity contribution in [3.8, 4) is 0 Å². The quantitative estimate of drug-likeness (QED) is 0.194. The van der Waals surface area contributed by atoms with Crippen molar-refractivity contribution < 1.29 is 16.8 Å². The molecule has 1 radical (unpaired) electrons. The van der Waals surface area contributed by atoms with Crippen LogP contribution in [0.2, 0.25) is 0 Å². The first kappa shape index (κ1) is 26.9. The second-order valence-electron chi connectivity index (χ2n) is 6.54. The Kier molecular flexibility index (Phi) is 11.4. The Hall–Kier alpha value is -2.39. The van der Waals surface area contributed by atoms with Gasteiger partial charge in [0.25, 0.3) is 0 Å². The minimum absolute atomic E-state index is 0. The van der Waals surface area contributed by atoms with E-state index >= 15 is 0 Å². The number of rotatable bonds is 4. The largest absolute Gasteiger partial charge is 2.00 e. The maximum atomic E-state index is 5.12. The molecular weight excluding hydrogens is 528 g/mol. The standard InChI is InChI=1S/2C13H11NS2.Co/c2*15-13(16)14(11-7-3-1-4-8-11)12-9-5-2-6-10-12;/h2*1-10H,(H,15,16);/q;;+2/p-2. The van der Waals surface area contributed by atoms with Crippen molar-refractivity contribution in [2.45, 2.75) is 0 Å². The Morgan fingerprint density at radius 2 is 0.606 bits per heavy atom. The van der Waals surface area contributed by atoms with Crippen LogP contribution in [0, 0.1) is 0 Å². The van der Waals surface area contributed by atoms with Crippen LogP contribution in [-0.2, 0) is 42.0 Å². The topological polar surface area (TPSA) is 6.48 Å². The van der Waals surface area contributed by atoms with Crippen molar-refractivity contribution in [3.05, 3.63) is 121 Å². The molecule has 0 heterocycles. The van der Waals surface area contributed by atoms with Crippen molar-refractivity contribution in [2.24, 2.45) is 0 Å². The molecule has 0 aromatic heterocycles. The van der Waals surface area contributed by atoms with Crippen LogP contribution in [0.15, 0.2) is 121 Å². The first-order valence-corrected chi connectivity index (χ1v) is 11.4. The summed E-state index contributed by atoms with van der Waals surface area (Å²) in [5.74, 6) is 0. The fourth-order valence-electron chi connectivity index (χ4n) is 3.03. The molecule has 0 unspecified atom stereocenters. The number of anilines is 4. The minimum Gasteiger partial charge on any atom is -0.411 e. The molecule has 0 aliphatic carbocycles. The van der Waals surface area contributed by atoms with E-state index in [0.717, 1.165) is 22.7 Å². The Morgan fingerprint density at radius 1 is 0.424 bits per heavy atom. The van der Waals surface area contributed by atoms with Gasteiger partial charge in [-0.1, -0.05) is 81.4 Å². The molecule has 0 amide bonds. The Morgan fingerprint density at radius 3 is 0.758 bits per heavy atom. The van der Waals surface area contributed by atoms with E-state index in [4.69, 9.17) is 49.7 Å². The second kappa shape index (κ2) is 14.0. The van der Waals surface area contributed by atoms with Gasteiger partial charge in [-0.15, -0.1) is 0 Å². The van der Waals surface area contributed by atoms with Gasteiger partial charge in [0, 0.05) is 22.7 Å². The number of para-hydroxylation sites is 4. The van der Waals surface area contributed by atoms with Crippen LogP contribution >= 0.6 is 24.4 Å². The van der Waals surface area contributed by atoms with Crippen molar-refractivity contribution in [1.82, 2.24) is 0 Å². The normalized spacial score (nSPS) is 9.45. The van der Waals surface area contributed by atoms with Crippen molar-refractivity contribution in [3.63, 3.8) is 0 Å². The van der Waals surface area contributed by atoms with E-state index in [-0.39, 0.29) is 16.8 Å². The van der Waals surface area contributed by atoms with Gasteiger partial charge in [0.15, 0.2) is 0 Å². The maximum Gasteiger partial charge on any atom is 2.00 e. The summed E-state index contributed by atoms with van der Waals surface area (Å²) in [6.07, 6.45) is 0. The molecule has 0 aliphatic heterocycles. The summed E-state index contributed by atoms with van der Waals surface area (Å²) in [7, 11) is 0. The van der Waals surface area contributed by atoms with E-state index in [1.807, 2.05) is 131 Å². The summed E-state index contributed by atoms with van der Waals surface area (Å²) >= 11 is 20.5. The molecule has 167 valence electrons. The molecule has 0 bridgehead atoms. The second-order valence-corrected chi connectivity index (χ2v) is 8.61. The monoisotopic (exact) mass is 547 g/mol. The molecule has 0 spiro atoms. The first-order valence-electron chi connectivity index (χ1n) is 9.80. The SMILES string of the molecule is S=C([S-])N(c1ccccc1)c1ccccc1.S=C([S-])N(c1ccccc1)c1ccccc1.[Co+2]. The molecule has 33 heavy (non-hydrogen) atoms. The van der Waals surface area contributed by atoms with Crippen LogP contribution in [0.5, 0.6) is 0 Å². The van der Waals surface area contributed by atoms with Crippen molar-refractivity contribution in [2.75, 3.05) is 9.80 Å². The molecule has 0 saturated carbocycles. The number of nitrogens with zero attached hydrogens (tertiary/aromatic N) is 2. The van der Waals surface area contributed by atoms with Gasteiger partial charge in [0.2, 0.25) is 0 Å². The number of thiocarbonyl (C=S) groups is 2. The number of hydrogen-bond acceptors (Lipinski definition) is 4. The van der Waals surface area contributed by atoms with Crippen LogP contribution in [0.3, 0.4) is 0 Å². The van der Waals surface area contributed by atoms with Gasteiger partial charge in [-0.05, 0) is 48.5 Å². The molecule has 0 saturated heterocycles. The van der Waals surface area contributed by atoms with Crippen LogP contribution in [0.1, 0.15) is 0 Å². The van der Waals surface area contributed by atoms with Gasteiger partial charge in [0.05, 0.1) is 0 Å². The van der Waals surface area contributed by atoms with E-state index in [0.29, 0.717) is 8.64 Å². The molecule has 4 rings (SSSR count). The Labute approximate surface area is 227 Å². The van der Waals surface area contributed by atoms with Crippen molar-refractivity contribution >= 4 is 81.1 Å². The Bertz CT molecular complexity index is 956. The summed E-state index contributed by atoms with van der Waals surface area (Å²) in [6.45, 7) is 0. The van der Waals surface area contributed by atoms with Crippen molar-refractivity contribution in [1.29, 1.82) is 0 Å². The van der Waals surface area contributed by atoms with E-state index in [1.165, 1.54) is 0 Å². The molecule has 0 aliphatic rings. The van der Waals surface area contributed by atoms with Gasteiger partial charge in [0.1, 0.15) is 0 Å². The predicted octanol–water partition coefficient (Wildman–Crippen LogP) is 7.31.